The van der Waals surface area contributed by atoms with Gasteiger partial charge in [-0.1, -0.05) is 24.3 Å². The summed E-state index contributed by atoms with van der Waals surface area (Å²) in [7, 11) is 1.83. The molecule has 1 aliphatic heterocycles. The molecule has 0 bridgehead atoms. The van der Waals surface area contributed by atoms with Crippen molar-refractivity contribution in [2.45, 2.75) is 16.2 Å². The molecule has 1 amide bonds. The maximum absolute atomic E-state index is 12.8. The lowest BCUT2D eigenvalue weighted by atomic mass is 10.1. The predicted octanol–water partition coefficient (Wildman–Crippen LogP) is 2.15. The lowest BCUT2D eigenvalue weighted by Gasteiger charge is -2.25. The molecular weight excluding hydrogens is 324 g/mol. The largest absolute Gasteiger partial charge is 0.508 e. The highest BCUT2D eigenvalue weighted by molar-refractivity contribution is 7.99. The first-order valence-corrected chi connectivity index (χ1v) is 8.68. The number of phenols is 1. The first-order valence-electron chi connectivity index (χ1n) is 7.80. The molecule has 3 N–H and O–H groups in total. The summed E-state index contributed by atoms with van der Waals surface area (Å²) in [4.78, 5) is 15.4. The number of amides is 1. The Kier molecular flexibility index (Phi) is 5.08. The first-order chi connectivity index (χ1) is 11.6. The van der Waals surface area contributed by atoms with E-state index in [1.165, 1.54) is 11.8 Å². The van der Waals surface area contributed by atoms with E-state index in [2.05, 4.69) is 5.32 Å². The molecule has 0 radical (unpaired) electrons. The average molecular weight is 344 g/mol. The van der Waals surface area contributed by atoms with Gasteiger partial charge in [-0.15, -0.1) is 11.8 Å². The summed E-state index contributed by atoms with van der Waals surface area (Å²) in [6.45, 7) is 1.13. The lowest BCUT2D eigenvalue weighted by molar-refractivity contribution is -0.126. The Balaban J connectivity index is 2.01. The molecule has 0 saturated carbocycles. The van der Waals surface area contributed by atoms with Gasteiger partial charge in [-0.2, -0.15) is 0 Å². The Labute approximate surface area is 145 Å². The van der Waals surface area contributed by atoms with E-state index in [0.717, 1.165) is 16.1 Å². The quantitative estimate of drug-likeness (QED) is 0.793. The van der Waals surface area contributed by atoms with Crippen molar-refractivity contribution in [3.63, 3.8) is 0 Å². The zero-order valence-electron chi connectivity index (χ0n) is 13.3. The second-order valence-electron chi connectivity index (χ2n) is 5.64. The van der Waals surface area contributed by atoms with Crippen molar-refractivity contribution in [3.8, 4) is 5.75 Å². The number of benzene rings is 2. The number of aromatic hydroxyl groups is 1. The summed E-state index contributed by atoms with van der Waals surface area (Å²) >= 11 is 1.47. The molecule has 24 heavy (non-hydrogen) atoms. The number of aliphatic hydroxyl groups is 1. The molecule has 0 unspecified atom stereocenters. The van der Waals surface area contributed by atoms with Crippen molar-refractivity contribution < 1.29 is 15.0 Å². The summed E-state index contributed by atoms with van der Waals surface area (Å²) in [6, 6.07) is 14.3. The molecule has 2 atom stereocenters. The smallest absolute Gasteiger partial charge is 0.257 e. The standard InChI is InChI=1S/C18H20N2O3S/c1-19-10-11-20-14-4-2-3-5-15(14)24-17(16(22)18(20)23)12-6-8-13(21)9-7-12/h2-9,16-17,19,21-22H,10-11H2,1H3/t16-,17+/m1/s1. The van der Waals surface area contributed by atoms with E-state index in [-0.39, 0.29) is 11.7 Å². The second-order valence-corrected chi connectivity index (χ2v) is 6.82. The number of rotatable bonds is 4. The summed E-state index contributed by atoms with van der Waals surface area (Å²) in [5.74, 6) is -0.144. The van der Waals surface area contributed by atoms with Gasteiger partial charge in [0.25, 0.3) is 5.91 Å². The number of nitrogens with one attached hydrogen (secondary N) is 1. The van der Waals surface area contributed by atoms with Crippen molar-refractivity contribution in [1.29, 1.82) is 0 Å². The molecule has 2 aromatic carbocycles. The zero-order chi connectivity index (χ0) is 17.1. The van der Waals surface area contributed by atoms with Crippen LogP contribution < -0.4 is 10.2 Å². The Bertz CT molecular complexity index is 720. The van der Waals surface area contributed by atoms with Gasteiger partial charge in [0, 0.05) is 18.0 Å². The second kappa shape index (κ2) is 7.25. The number of likely N-dealkylation sites (N-methyl/N-ethyl adjacent to an activating group) is 1. The van der Waals surface area contributed by atoms with E-state index in [1.54, 1.807) is 29.2 Å². The van der Waals surface area contributed by atoms with E-state index in [4.69, 9.17) is 0 Å². The van der Waals surface area contributed by atoms with Crippen LogP contribution in [-0.4, -0.2) is 42.4 Å². The number of hydrogen-bond acceptors (Lipinski definition) is 5. The van der Waals surface area contributed by atoms with Crippen molar-refractivity contribution in [3.05, 3.63) is 54.1 Å². The molecule has 1 heterocycles. The maximum atomic E-state index is 12.8. The molecule has 0 saturated heterocycles. The van der Waals surface area contributed by atoms with Crippen LogP contribution in [0.4, 0.5) is 5.69 Å². The molecule has 3 rings (SSSR count). The Morgan fingerprint density at radius 3 is 2.58 bits per heavy atom. The van der Waals surface area contributed by atoms with Gasteiger partial charge in [-0.25, -0.2) is 0 Å². The Hall–Kier alpha value is -2.02. The number of carbonyl (C=O) groups excluding carboxylic acids is 1. The fourth-order valence-corrected chi connectivity index (χ4v) is 4.03. The van der Waals surface area contributed by atoms with Crippen molar-refractivity contribution >= 4 is 23.4 Å². The molecular formula is C18H20N2O3S. The number of aliphatic hydroxyl groups excluding tert-OH is 1. The number of hydrogen-bond donors (Lipinski definition) is 3. The van der Waals surface area contributed by atoms with Crippen LogP contribution in [0.25, 0.3) is 0 Å². The van der Waals surface area contributed by atoms with Crippen LogP contribution in [0.5, 0.6) is 5.75 Å². The van der Waals surface area contributed by atoms with Crippen LogP contribution in [-0.2, 0) is 4.79 Å². The van der Waals surface area contributed by atoms with Crippen LogP contribution in [0, 0.1) is 0 Å². The molecule has 126 valence electrons. The highest BCUT2D eigenvalue weighted by atomic mass is 32.2. The van der Waals surface area contributed by atoms with Crippen LogP contribution in [0.1, 0.15) is 10.8 Å². The summed E-state index contributed by atoms with van der Waals surface area (Å²) in [5.41, 5.74) is 1.63. The topological polar surface area (TPSA) is 72.8 Å². The number of anilines is 1. The van der Waals surface area contributed by atoms with Gasteiger partial charge in [0.1, 0.15) is 11.9 Å². The Morgan fingerprint density at radius 2 is 1.88 bits per heavy atom. The number of carbonyl (C=O) groups is 1. The number of fused-ring (bicyclic) bond motifs is 1. The molecule has 0 spiro atoms. The van der Waals surface area contributed by atoms with Gasteiger partial charge in [0.05, 0.1) is 10.9 Å². The van der Waals surface area contributed by atoms with Gasteiger partial charge in [-0.3, -0.25) is 4.79 Å². The minimum absolute atomic E-state index is 0.161. The van der Waals surface area contributed by atoms with Crippen LogP contribution >= 0.6 is 11.8 Å². The van der Waals surface area contributed by atoms with Crippen molar-refractivity contribution in [1.82, 2.24) is 5.32 Å². The third-order valence-corrected chi connectivity index (χ3v) is 5.41. The normalized spacial score (nSPS) is 20.6. The number of nitrogens with zero attached hydrogens (tertiary/aromatic N) is 1. The number of para-hydroxylation sites is 1. The molecule has 1 aliphatic rings. The van der Waals surface area contributed by atoms with Crippen LogP contribution in [0.2, 0.25) is 0 Å². The van der Waals surface area contributed by atoms with Crippen LogP contribution in [0.3, 0.4) is 0 Å². The minimum atomic E-state index is -1.15. The van der Waals surface area contributed by atoms with E-state index < -0.39 is 11.4 Å². The van der Waals surface area contributed by atoms with Crippen molar-refractivity contribution in [2.24, 2.45) is 0 Å². The van der Waals surface area contributed by atoms with Gasteiger partial charge < -0.3 is 20.4 Å². The predicted molar refractivity (Wildman–Crippen MR) is 95.4 cm³/mol. The SMILES string of the molecule is CNCCN1C(=O)[C@H](O)[C@H](c2ccc(O)cc2)Sc2ccccc21. The fourth-order valence-electron chi connectivity index (χ4n) is 2.76. The zero-order valence-corrected chi connectivity index (χ0v) is 14.2. The van der Waals surface area contributed by atoms with Gasteiger partial charge in [-0.05, 0) is 36.9 Å². The van der Waals surface area contributed by atoms with Crippen LogP contribution in [0.15, 0.2) is 53.4 Å². The summed E-state index contributed by atoms with van der Waals surface area (Å²) < 4.78 is 0. The minimum Gasteiger partial charge on any atom is -0.508 e. The Morgan fingerprint density at radius 1 is 1.17 bits per heavy atom. The molecule has 0 fully saturated rings. The fraction of sp³-hybridized carbons (Fsp3) is 0.278. The molecule has 2 aromatic rings. The van der Waals surface area contributed by atoms with Crippen molar-refractivity contribution in [2.75, 3.05) is 25.0 Å². The summed E-state index contributed by atoms with van der Waals surface area (Å²) in [6.07, 6.45) is -1.15. The van der Waals surface area contributed by atoms with Gasteiger partial charge in [0.15, 0.2) is 0 Å². The third-order valence-electron chi connectivity index (χ3n) is 4.02. The highest BCUT2D eigenvalue weighted by Gasteiger charge is 2.36. The van der Waals surface area contributed by atoms with E-state index in [9.17, 15) is 15.0 Å². The van der Waals surface area contributed by atoms with E-state index >= 15 is 0 Å². The van der Waals surface area contributed by atoms with E-state index in [0.29, 0.717) is 13.1 Å². The number of thioether (sulfide) groups is 1. The monoisotopic (exact) mass is 344 g/mol. The lowest BCUT2D eigenvalue weighted by Crippen LogP contribution is -2.43. The maximum Gasteiger partial charge on any atom is 0.257 e. The molecule has 5 nitrogen and oxygen atoms in total. The average Bonchev–Trinajstić information content (AvgIpc) is 2.70. The highest BCUT2D eigenvalue weighted by Crippen LogP contribution is 2.45. The molecule has 0 aliphatic carbocycles. The third kappa shape index (κ3) is 3.26. The number of phenolic OH excluding ortho intramolecular Hbond substituents is 1. The summed E-state index contributed by atoms with van der Waals surface area (Å²) in [5, 5.41) is 22.8. The van der Waals surface area contributed by atoms with Gasteiger partial charge in [0.2, 0.25) is 0 Å². The molecule has 6 heteroatoms. The van der Waals surface area contributed by atoms with Gasteiger partial charge >= 0.3 is 0 Å². The molecule has 0 aromatic heterocycles. The van der Waals surface area contributed by atoms with E-state index in [1.807, 2.05) is 31.3 Å². The first kappa shape index (κ1) is 16.8.